The Morgan fingerprint density at radius 2 is 1.85 bits per heavy atom. The normalized spacial score (nSPS) is 11.3. The van der Waals surface area contributed by atoms with E-state index in [-0.39, 0.29) is 16.1 Å². The summed E-state index contributed by atoms with van der Waals surface area (Å²) < 4.78 is 5.75. The summed E-state index contributed by atoms with van der Waals surface area (Å²) >= 11 is 12.2. The Morgan fingerprint density at radius 3 is 2.48 bits per heavy atom. The molecule has 27 heavy (non-hydrogen) atoms. The molecule has 2 amide bonds. The molecule has 0 atom stereocenters. The molecule has 0 saturated heterocycles. The van der Waals surface area contributed by atoms with Gasteiger partial charge in [0.15, 0.2) is 5.58 Å². The van der Waals surface area contributed by atoms with E-state index in [1.54, 1.807) is 30.3 Å². The molecule has 8 heteroatoms. The molecule has 0 unspecified atom stereocenters. The van der Waals surface area contributed by atoms with Crippen molar-refractivity contribution in [3.63, 3.8) is 0 Å². The number of nitriles is 1. The van der Waals surface area contributed by atoms with Gasteiger partial charge in [0, 0.05) is 17.3 Å². The zero-order chi connectivity index (χ0) is 19.6. The van der Waals surface area contributed by atoms with Gasteiger partial charge < -0.3 is 4.42 Å². The molecule has 3 aromatic rings. The Kier molecular flexibility index (Phi) is 5.26. The SMILES string of the molecule is CC(=O)NC(=O)c1cc2cc(Cl)cc(Cl)c2oc1=Nc1ccc(C#N)cc1. The fourth-order valence-corrected chi connectivity index (χ4v) is 2.91. The van der Waals surface area contributed by atoms with Crippen molar-refractivity contribution in [1.29, 1.82) is 5.26 Å². The van der Waals surface area contributed by atoms with Crippen LogP contribution >= 0.6 is 23.2 Å². The van der Waals surface area contributed by atoms with Gasteiger partial charge in [-0.05, 0) is 42.5 Å². The molecule has 134 valence electrons. The fourth-order valence-electron chi connectivity index (χ4n) is 2.36. The molecule has 0 bridgehead atoms. The molecular weight excluding hydrogens is 389 g/mol. The third-order valence-corrected chi connectivity index (χ3v) is 4.03. The molecule has 0 aliphatic heterocycles. The summed E-state index contributed by atoms with van der Waals surface area (Å²) in [5.74, 6) is -1.19. The van der Waals surface area contributed by atoms with E-state index in [0.29, 0.717) is 27.2 Å². The number of carbonyl (C=O) groups excluding carboxylic acids is 2. The number of hydrogen-bond acceptors (Lipinski definition) is 5. The Labute approximate surface area is 163 Å². The third kappa shape index (κ3) is 4.17. The topological polar surface area (TPSA) is 95.5 Å². The lowest BCUT2D eigenvalue weighted by Gasteiger charge is -2.06. The minimum atomic E-state index is -0.670. The Balaban J connectivity index is 2.26. The summed E-state index contributed by atoms with van der Waals surface area (Å²) in [6, 6.07) is 13.0. The van der Waals surface area contributed by atoms with Crippen molar-refractivity contribution < 1.29 is 14.0 Å². The van der Waals surface area contributed by atoms with E-state index >= 15 is 0 Å². The maximum absolute atomic E-state index is 12.4. The van der Waals surface area contributed by atoms with E-state index in [0.717, 1.165) is 0 Å². The monoisotopic (exact) mass is 399 g/mol. The first-order chi connectivity index (χ1) is 12.9. The summed E-state index contributed by atoms with van der Waals surface area (Å²) in [6.45, 7) is 1.22. The van der Waals surface area contributed by atoms with E-state index in [1.807, 2.05) is 6.07 Å². The summed E-state index contributed by atoms with van der Waals surface area (Å²) in [4.78, 5) is 28.0. The molecule has 0 aliphatic rings. The number of hydrogen-bond donors (Lipinski definition) is 1. The van der Waals surface area contributed by atoms with Gasteiger partial charge in [-0.1, -0.05) is 23.2 Å². The molecule has 3 rings (SSSR count). The van der Waals surface area contributed by atoms with Crippen molar-refractivity contribution in [3.05, 3.63) is 69.2 Å². The van der Waals surface area contributed by atoms with Crippen molar-refractivity contribution in [2.75, 3.05) is 0 Å². The van der Waals surface area contributed by atoms with Crippen LogP contribution in [0.3, 0.4) is 0 Å². The average molecular weight is 400 g/mol. The Hall–Kier alpha value is -3.14. The molecule has 0 aliphatic carbocycles. The Morgan fingerprint density at radius 1 is 1.15 bits per heavy atom. The van der Waals surface area contributed by atoms with Gasteiger partial charge in [0.2, 0.25) is 11.5 Å². The highest BCUT2D eigenvalue weighted by Gasteiger charge is 2.15. The van der Waals surface area contributed by atoms with Crippen LogP contribution < -0.4 is 10.9 Å². The van der Waals surface area contributed by atoms with E-state index in [4.69, 9.17) is 32.9 Å². The van der Waals surface area contributed by atoms with Crippen molar-refractivity contribution in [3.8, 4) is 6.07 Å². The number of benzene rings is 2. The number of halogens is 2. The molecule has 0 fully saturated rings. The van der Waals surface area contributed by atoms with Gasteiger partial charge in [0.25, 0.3) is 5.91 Å². The molecule has 2 aromatic carbocycles. The van der Waals surface area contributed by atoms with Gasteiger partial charge in [-0.15, -0.1) is 0 Å². The van der Waals surface area contributed by atoms with Crippen molar-refractivity contribution in [2.45, 2.75) is 6.92 Å². The fraction of sp³-hybridized carbons (Fsp3) is 0.0526. The molecule has 1 heterocycles. The van der Waals surface area contributed by atoms with Gasteiger partial charge >= 0.3 is 0 Å². The maximum Gasteiger partial charge on any atom is 0.263 e. The molecule has 6 nitrogen and oxygen atoms in total. The van der Waals surface area contributed by atoms with E-state index in [2.05, 4.69) is 10.3 Å². The lowest BCUT2D eigenvalue weighted by atomic mass is 10.1. The highest BCUT2D eigenvalue weighted by atomic mass is 35.5. The van der Waals surface area contributed by atoms with E-state index < -0.39 is 11.8 Å². The quantitative estimate of drug-likeness (QED) is 0.700. The van der Waals surface area contributed by atoms with Crippen molar-refractivity contribution >= 4 is 51.7 Å². The van der Waals surface area contributed by atoms with E-state index in [1.165, 1.54) is 19.1 Å². The smallest absolute Gasteiger partial charge is 0.263 e. The van der Waals surface area contributed by atoms with Gasteiger partial charge in [0.05, 0.1) is 22.3 Å². The number of nitrogens with one attached hydrogen (secondary N) is 1. The van der Waals surface area contributed by atoms with Crippen LogP contribution in [0.4, 0.5) is 5.69 Å². The summed E-state index contributed by atoms with van der Waals surface area (Å²) in [5.41, 5.74) is 1.24. The zero-order valence-electron chi connectivity index (χ0n) is 13.9. The number of rotatable bonds is 2. The first-order valence-corrected chi connectivity index (χ1v) is 8.42. The number of nitrogens with zero attached hydrogens (tertiary/aromatic N) is 2. The van der Waals surface area contributed by atoms with Gasteiger partial charge in [-0.25, -0.2) is 4.99 Å². The van der Waals surface area contributed by atoms with Gasteiger partial charge in [-0.3, -0.25) is 14.9 Å². The minimum Gasteiger partial charge on any atom is -0.436 e. The highest BCUT2D eigenvalue weighted by molar-refractivity contribution is 6.38. The molecule has 1 N–H and O–H groups in total. The predicted octanol–water partition coefficient (Wildman–Crippen LogP) is 4.12. The Bertz CT molecular complexity index is 1180. The average Bonchev–Trinajstić information content (AvgIpc) is 2.61. The first kappa shape index (κ1) is 18.6. The van der Waals surface area contributed by atoms with E-state index in [9.17, 15) is 9.59 Å². The maximum atomic E-state index is 12.4. The van der Waals surface area contributed by atoms with Gasteiger partial charge in [-0.2, -0.15) is 5.26 Å². The molecule has 0 radical (unpaired) electrons. The largest absolute Gasteiger partial charge is 0.436 e. The first-order valence-electron chi connectivity index (χ1n) is 7.67. The summed E-state index contributed by atoms with van der Waals surface area (Å²) in [7, 11) is 0. The number of amides is 2. The van der Waals surface area contributed by atoms with Crippen LogP contribution in [-0.2, 0) is 4.79 Å². The van der Waals surface area contributed by atoms with Crippen LogP contribution in [0.5, 0.6) is 0 Å². The molecule has 0 spiro atoms. The van der Waals surface area contributed by atoms with Gasteiger partial charge in [0.1, 0.15) is 5.56 Å². The van der Waals surface area contributed by atoms with Crippen LogP contribution in [0.15, 0.2) is 51.9 Å². The second kappa shape index (κ2) is 7.62. The van der Waals surface area contributed by atoms with Crippen molar-refractivity contribution in [1.82, 2.24) is 5.32 Å². The minimum absolute atomic E-state index is 0.0322. The van der Waals surface area contributed by atoms with Crippen LogP contribution in [0.25, 0.3) is 11.0 Å². The zero-order valence-corrected chi connectivity index (χ0v) is 15.4. The highest BCUT2D eigenvalue weighted by Crippen LogP contribution is 2.27. The molecule has 0 saturated carbocycles. The lowest BCUT2D eigenvalue weighted by Crippen LogP contribution is -2.32. The van der Waals surface area contributed by atoms with Crippen LogP contribution in [0.2, 0.25) is 10.0 Å². The predicted molar refractivity (Wildman–Crippen MR) is 101 cm³/mol. The number of carbonyl (C=O) groups is 2. The van der Waals surface area contributed by atoms with Crippen LogP contribution in [0, 0.1) is 11.3 Å². The number of fused-ring (bicyclic) bond motifs is 1. The second-order valence-corrected chi connectivity index (χ2v) is 6.40. The number of imide groups is 1. The van der Waals surface area contributed by atoms with Crippen molar-refractivity contribution in [2.24, 2.45) is 4.99 Å². The second-order valence-electron chi connectivity index (χ2n) is 5.55. The molecular formula is C19H11Cl2N3O3. The molecule has 1 aromatic heterocycles. The van der Waals surface area contributed by atoms with Crippen LogP contribution in [-0.4, -0.2) is 11.8 Å². The summed E-state index contributed by atoms with van der Waals surface area (Å²) in [6.07, 6.45) is 0. The summed E-state index contributed by atoms with van der Waals surface area (Å²) in [5, 5.41) is 12.2. The van der Waals surface area contributed by atoms with Crippen LogP contribution in [0.1, 0.15) is 22.8 Å². The third-order valence-electron chi connectivity index (χ3n) is 3.53. The standard InChI is InChI=1S/C19H11Cl2N3O3/c1-10(25)23-18(26)15-7-12-6-13(20)8-16(21)17(12)27-19(15)24-14-4-2-11(9-22)3-5-14/h2-8H,1H3,(H,23,25,26). The lowest BCUT2D eigenvalue weighted by molar-refractivity contribution is -0.118.